The van der Waals surface area contributed by atoms with Crippen LogP contribution in [0.3, 0.4) is 0 Å². The van der Waals surface area contributed by atoms with E-state index in [1.54, 1.807) is 19.9 Å². The highest BCUT2D eigenvalue weighted by Crippen LogP contribution is 2.39. The number of ether oxygens (including phenoxy) is 1. The average molecular weight is 411 g/mol. The number of nitrogens with one attached hydrogen (secondary N) is 1. The number of rotatable bonds is 7. The summed E-state index contributed by atoms with van der Waals surface area (Å²) in [6.07, 6.45) is -4.22. The molecule has 158 valence electrons. The van der Waals surface area contributed by atoms with E-state index in [2.05, 4.69) is 15.3 Å². The van der Waals surface area contributed by atoms with Crippen LogP contribution in [-0.2, 0) is 6.18 Å². The third-order valence-electron chi connectivity index (χ3n) is 4.20. The van der Waals surface area contributed by atoms with Gasteiger partial charge in [-0.15, -0.1) is 0 Å². The van der Waals surface area contributed by atoms with Crippen LogP contribution >= 0.6 is 0 Å². The van der Waals surface area contributed by atoms with Crippen molar-refractivity contribution in [3.05, 3.63) is 41.9 Å². The number of alkyl halides is 3. The van der Waals surface area contributed by atoms with E-state index >= 15 is 0 Å². The molecule has 0 spiro atoms. The maximum Gasteiger partial charge on any atom is 0.419 e. The van der Waals surface area contributed by atoms with E-state index in [0.29, 0.717) is 17.8 Å². The molecule has 0 aliphatic heterocycles. The zero-order valence-corrected chi connectivity index (χ0v) is 16.7. The Morgan fingerprint density at radius 3 is 2.48 bits per heavy atom. The van der Waals surface area contributed by atoms with E-state index in [0.717, 1.165) is 6.07 Å². The molecule has 1 atom stereocenters. The monoisotopic (exact) mass is 411 g/mol. The van der Waals surface area contributed by atoms with Crippen LogP contribution in [0.15, 0.2) is 30.6 Å². The van der Waals surface area contributed by atoms with Gasteiger partial charge in [0.25, 0.3) is 0 Å². The molecule has 1 amide bonds. The molecule has 2 rings (SSSR count). The Morgan fingerprint density at radius 1 is 1.24 bits per heavy atom. The van der Waals surface area contributed by atoms with Crippen LogP contribution < -0.4 is 10.1 Å². The van der Waals surface area contributed by atoms with E-state index in [1.807, 2.05) is 13.8 Å². The van der Waals surface area contributed by atoms with E-state index in [-0.39, 0.29) is 23.8 Å². The predicted octanol–water partition coefficient (Wildman–Crippen LogP) is 4.92. The summed E-state index contributed by atoms with van der Waals surface area (Å²) in [7, 11) is 0. The second kappa shape index (κ2) is 8.67. The first kappa shape index (κ1) is 22.4. The Balaban J connectivity index is 2.35. The summed E-state index contributed by atoms with van der Waals surface area (Å²) in [6, 6.07) is 5.27. The van der Waals surface area contributed by atoms with Crippen molar-refractivity contribution in [3.63, 3.8) is 0 Å². The van der Waals surface area contributed by atoms with Gasteiger partial charge in [0.05, 0.1) is 16.8 Å². The van der Waals surface area contributed by atoms with Crippen molar-refractivity contribution in [3.8, 4) is 17.0 Å². The van der Waals surface area contributed by atoms with Gasteiger partial charge < -0.3 is 15.2 Å². The molecule has 1 unspecified atom stereocenters. The van der Waals surface area contributed by atoms with Gasteiger partial charge in [-0.25, -0.2) is 14.8 Å². The van der Waals surface area contributed by atoms with Crippen LogP contribution in [0.25, 0.3) is 11.3 Å². The number of halogens is 3. The third-order valence-corrected chi connectivity index (χ3v) is 4.20. The van der Waals surface area contributed by atoms with Crippen LogP contribution in [-0.4, -0.2) is 33.3 Å². The van der Waals surface area contributed by atoms with E-state index in [1.165, 1.54) is 18.5 Å². The minimum Gasteiger partial charge on any atom is -0.491 e. The van der Waals surface area contributed by atoms with Crippen molar-refractivity contribution in [2.75, 3.05) is 6.61 Å². The Morgan fingerprint density at radius 2 is 1.93 bits per heavy atom. The van der Waals surface area contributed by atoms with Crippen LogP contribution in [0.4, 0.5) is 18.0 Å². The molecule has 9 heteroatoms. The van der Waals surface area contributed by atoms with Crippen molar-refractivity contribution in [1.29, 1.82) is 0 Å². The lowest BCUT2D eigenvalue weighted by atomic mass is 9.91. The highest BCUT2D eigenvalue weighted by atomic mass is 19.4. The van der Waals surface area contributed by atoms with Gasteiger partial charge in [-0.2, -0.15) is 13.2 Å². The summed E-state index contributed by atoms with van der Waals surface area (Å²) in [6.45, 7) is 6.86. The summed E-state index contributed by atoms with van der Waals surface area (Å²) >= 11 is 0. The second-order valence-corrected chi connectivity index (χ2v) is 7.63. The predicted molar refractivity (Wildman–Crippen MR) is 102 cm³/mol. The molecule has 0 fully saturated rings. The Hall–Kier alpha value is -2.84. The average Bonchev–Trinajstić information content (AvgIpc) is 2.57. The lowest BCUT2D eigenvalue weighted by molar-refractivity contribution is -0.139. The van der Waals surface area contributed by atoms with Crippen molar-refractivity contribution in [2.24, 2.45) is 5.92 Å². The van der Waals surface area contributed by atoms with Gasteiger partial charge in [0, 0.05) is 11.3 Å². The zero-order valence-electron chi connectivity index (χ0n) is 16.7. The number of carboxylic acid groups (broad SMARTS) is 1. The van der Waals surface area contributed by atoms with Gasteiger partial charge in [-0.05, 0) is 50.5 Å². The number of amides is 1. The topological polar surface area (TPSA) is 84.3 Å². The third kappa shape index (κ3) is 6.33. The summed E-state index contributed by atoms with van der Waals surface area (Å²) < 4.78 is 46.4. The number of hydrogen-bond acceptors (Lipinski definition) is 4. The molecular formula is C20H24F3N3O3. The first-order chi connectivity index (χ1) is 13.4. The fourth-order valence-electron chi connectivity index (χ4n) is 3.19. The van der Waals surface area contributed by atoms with Crippen molar-refractivity contribution in [1.82, 2.24) is 15.3 Å². The van der Waals surface area contributed by atoms with Crippen LogP contribution in [0.5, 0.6) is 5.75 Å². The molecule has 0 bridgehead atoms. The molecule has 1 aromatic carbocycles. The van der Waals surface area contributed by atoms with E-state index < -0.39 is 23.4 Å². The molecule has 1 aromatic heterocycles. The van der Waals surface area contributed by atoms with Crippen LogP contribution in [0, 0.1) is 12.8 Å². The number of hydrogen-bond donors (Lipinski definition) is 2. The number of aryl methyl sites for hydroxylation is 1. The summed E-state index contributed by atoms with van der Waals surface area (Å²) in [5, 5.41) is 11.4. The van der Waals surface area contributed by atoms with Crippen molar-refractivity contribution in [2.45, 2.75) is 45.8 Å². The van der Waals surface area contributed by atoms with E-state index in [9.17, 15) is 18.0 Å². The Kier molecular flexibility index (Phi) is 6.71. The number of benzene rings is 1. The minimum absolute atomic E-state index is 0.112. The maximum atomic E-state index is 13.6. The quantitative estimate of drug-likeness (QED) is 0.675. The van der Waals surface area contributed by atoms with Gasteiger partial charge in [-0.3, -0.25) is 0 Å². The highest BCUT2D eigenvalue weighted by Gasteiger charge is 2.36. The maximum absolute atomic E-state index is 13.6. The zero-order chi connectivity index (χ0) is 21.8. The van der Waals surface area contributed by atoms with Crippen LogP contribution in [0.1, 0.15) is 38.4 Å². The van der Waals surface area contributed by atoms with Gasteiger partial charge in [0.15, 0.2) is 0 Å². The highest BCUT2D eigenvalue weighted by molar-refractivity contribution is 5.65. The molecule has 1 heterocycles. The molecule has 2 aromatic rings. The van der Waals surface area contributed by atoms with Gasteiger partial charge in [-0.1, -0.05) is 13.8 Å². The molecule has 0 saturated heterocycles. The van der Waals surface area contributed by atoms with Gasteiger partial charge in [0.1, 0.15) is 18.7 Å². The number of aromatic nitrogens is 2. The molecule has 29 heavy (non-hydrogen) atoms. The Labute approximate surface area is 167 Å². The van der Waals surface area contributed by atoms with Crippen LogP contribution in [0.2, 0.25) is 0 Å². The fourth-order valence-corrected chi connectivity index (χ4v) is 3.19. The molecule has 0 saturated carbocycles. The van der Waals surface area contributed by atoms with Crippen molar-refractivity contribution < 1.29 is 27.8 Å². The molecule has 0 aliphatic carbocycles. The minimum atomic E-state index is -4.65. The lowest BCUT2D eigenvalue weighted by Gasteiger charge is -2.31. The standard InChI is InChI=1S/C20H24F3N3O3/c1-12(2)9-19(4,26-18(27)28)10-29-17-6-5-14(8-15(17)20(21,22)23)16-7-13(3)24-11-25-16/h5-8,11-12,26H,9-10H2,1-4H3,(H,27,28). The lowest BCUT2D eigenvalue weighted by Crippen LogP contribution is -2.50. The molecule has 0 aliphatic rings. The first-order valence-corrected chi connectivity index (χ1v) is 9.04. The van der Waals surface area contributed by atoms with Crippen molar-refractivity contribution >= 4 is 6.09 Å². The van der Waals surface area contributed by atoms with Gasteiger partial charge in [0.2, 0.25) is 0 Å². The summed E-state index contributed by atoms with van der Waals surface area (Å²) in [5.74, 6) is -0.255. The molecule has 2 N–H and O–H groups in total. The number of carbonyl (C=O) groups is 1. The largest absolute Gasteiger partial charge is 0.491 e. The molecule has 0 radical (unpaired) electrons. The fraction of sp³-hybridized carbons (Fsp3) is 0.450. The SMILES string of the molecule is Cc1cc(-c2ccc(OCC(C)(CC(C)C)NC(=O)O)c(C(F)(F)F)c2)ncn1. The molecular weight excluding hydrogens is 387 g/mol. The number of nitrogens with zero attached hydrogens (tertiary/aromatic N) is 2. The van der Waals surface area contributed by atoms with E-state index in [4.69, 9.17) is 9.84 Å². The normalized spacial score (nSPS) is 13.8. The smallest absolute Gasteiger partial charge is 0.419 e. The summed E-state index contributed by atoms with van der Waals surface area (Å²) in [4.78, 5) is 19.1. The first-order valence-electron chi connectivity index (χ1n) is 9.04. The summed E-state index contributed by atoms with van der Waals surface area (Å²) in [5.41, 5.74) is -0.706. The molecule has 6 nitrogen and oxygen atoms in total. The van der Waals surface area contributed by atoms with Gasteiger partial charge >= 0.3 is 12.3 Å². The Bertz CT molecular complexity index is 872. The second-order valence-electron chi connectivity index (χ2n) is 7.63.